The quantitative estimate of drug-likeness (QED) is 0.132. The van der Waals surface area contributed by atoms with Crippen LogP contribution in [0.4, 0.5) is 15.8 Å². The summed E-state index contributed by atoms with van der Waals surface area (Å²) in [6, 6.07) is 24.9. The number of anilines is 2. The van der Waals surface area contributed by atoms with Crippen LogP contribution in [0.3, 0.4) is 0 Å². The van der Waals surface area contributed by atoms with E-state index in [4.69, 9.17) is 11.6 Å². The van der Waals surface area contributed by atoms with E-state index in [0.717, 1.165) is 9.91 Å². The summed E-state index contributed by atoms with van der Waals surface area (Å²) in [7, 11) is 0. The van der Waals surface area contributed by atoms with Crippen molar-refractivity contribution in [1.29, 1.82) is 0 Å². The van der Waals surface area contributed by atoms with E-state index in [9.17, 15) is 28.7 Å². The van der Waals surface area contributed by atoms with E-state index in [2.05, 4.69) is 5.43 Å². The number of rotatable bonds is 6. The van der Waals surface area contributed by atoms with Crippen LogP contribution >= 0.6 is 11.6 Å². The van der Waals surface area contributed by atoms with Gasteiger partial charge < -0.3 is 5.11 Å². The predicted octanol–water partition coefficient (Wildman–Crippen LogP) is 6.58. The standard InChI is InChI=1S/C40H31ClFN3O6/c1-21(46)22-6-16-27(17-7-22)44-36(48)30-19-18-28-31(34(30)38(44)50)20-32-37(49)45(43-26-14-12-25(42)13-15-26)39(51)40(32,23-8-10-24(41)11-9-23)35(28)29-4-2-3-5-33(29)47/h2-18,30-32,34-35,43,47H,19-20H2,1H3/t30-,31+,32-,34-,35+,40+/m0/s1. The lowest BCUT2D eigenvalue weighted by Crippen LogP contribution is -2.53. The van der Waals surface area contributed by atoms with Crippen molar-refractivity contribution in [3.8, 4) is 5.75 Å². The number of hydrogen-bond donors (Lipinski definition) is 2. The lowest BCUT2D eigenvalue weighted by molar-refractivity contribution is -0.138. The predicted molar refractivity (Wildman–Crippen MR) is 186 cm³/mol. The van der Waals surface area contributed by atoms with Gasteiger partial charge in [-0.05, 0) is 98.0 Å². The lowest BCUT2D eigenvalue weighted by Gasteiger charge is -2.50. The minimum atomic E-state index is -1.60. The average Bonchev–Trinajstić information content (AvgIpc) is 3.50. The third-order valence-corrected chi connectivity index (χ3v) is 11.3. The van der Waals surface area contributed by atoms with Gasteiger partial charge in [0.15, 0.2) is 5.78 Å². The number of aromatic hydroxyl groups is 1. The van der Waals surface area contributed by atoms with E-state index in [1.807, 2.05) is 6.08 Å². The van der Waals surface area contributed by atoms with Crippen molar-refractivity contribution in [1.82, 2.24) is 5.01 Å². The molecule has 2 aliphatic carbocycles. The number of carbonyl (C=O) groups excluding carboxylic acids is 5. The van der Waals surface area contributed by atoms with Crippen molar-refractivity contribution in [2.24, 2.45) is 23.7 Å². The number of hydrazine groups is 1. The van der Waals surface area contributed by atoms with Crippen LogP contribution in [0.25, 0.3) is 0 Å². The van der Waals surface area contributed by atoms with E-state index in [0.29, 0.717) is 38.7 Å². The molecule has 256 valence electrons. The smallest absolute Gasteiger partial charge is 0.260 e. The summed E-state index contributed by atoms with van der Waals surface area (Å²) in [6.07, 6.45) is 2.16. The monoisotopic (exact) mass is 703 g/mol. The summed E-state index contributed by atoms with van der Waals surface area (Å²) in [6.45, 7) is 1.43. The average molecular weight is 704 g/mol. The molecular weight excluding hydrogens is 673 g/mol. The molecule has 9 nitrogen and oxygen atoms in total. The lowest BCUT2D eigenvalue weighted by atomic mass is 9.49. The Morgan fingerprint density at radius 2 is 1.55 bits per heavy atom. The Kier molecular flexibility index (Phi) is 7.68. The SMILES string of the molecule is CC(=O)c1ccc(N2C(=O)[C@H]3[C@H](CC=C4[C@H]3C[C@H]3C(=O)N(Nc5ccc(F)cc5)C(=O)[C@@]3(c3ccc(Cl)cc3)[C@H]4c3ccccc3O)C2=O)cc1. The summed E-state index contributed by atoms with van der Waals surface area (Å²) < 4.78 is 13.8. The Morgan fingerprint density at radius 1 is 0.863 bits per heavy atom. The molecular formula is C40H31ClFN3O6. The molecule has 51 heavy (non-hydrogen) atoms. The van der Waals surface area contributed by atoms with Crippen LogP contribution in [0.5, 0.6) is 5.75 Å². The number of Topliss-reactive ketones (excluding diaryl/α,β-unsaturated/α-hetero) is 1. The van der Waals surface area contributed by atoms with Crippen LogP contribution in [-0.4, -0.2) is 39.5 Å². The Morgan fingerprint density at radius 3 is 2.22 bits per heavy atom. The number of phenolic OH excluding ortho intramolecular Hbond substituents is 1. The molecule has 0 spiro atoms. The van der Waals surface area contributed by atoms with Crippen LogP contribution in [0.2, 0.25) is 5.02 Å². The third kappa shape index (κ3) is 4.84. The maximum absolute atomic E-state index is 15.1. The number of amides is 4. The van der Waals surface area contributed by atoms with Crippen LogP contribution in [-0.2, 0) is 24.6 Å². The van der Waals surface area contributed by atoms with E-state index >= 15 is 4.79 Å². The highest BCUT2D eigenvalue weighted by atomic mass is 35.5. The Bertz CT molecular complexity index is 2170. The second-order valence-corrected chi connectivity index (χ2v) is 14.0. The molecule has 2 saturated heterocycles. The van der Waals surface area contributed by atoms with Crippen molar-refractivity contribution >= 4 is 52.4 Å². The fourth-order valence-electron chi connectivity index (χ4n) is 8.83. The van der Waals surface area contributed by atoms with Crippen molar-refractivity contribution < 1.29 is 33.5 Å². The molecule has 4 aliphatic rings. The number of nitrogens with zero attached hydrogens (tertiary/aromatic N) is 2. The number of fused-ring (bicyclic) bond motifs is 4. The minimum absolute atomic E-state index is 0.0576. The van der Waals surface area contributed by atoms with Gasteiger partial charge in [-0.3, -0.25) is 34.3 Å². The number of ketones is 1. The highest BCUT2D eigenvalue weighted by Gasteiger charge is 2.70. The Balaban J connectivity index is 1.30. The van der Waals surface area contributed by atoms with Gasteiger partial charge in [0.2, 0.25) is 11.8 Å². The van der Waals surface area contributed by atoms with Gasteiger partial charge in [0.05, 0.1) is 34.5 Å². The minimum Gasteiger partial charge on any atom is -0.508 e. The summed E-state index contributed by atoms with van der Waals surface area (Å²) in [5.41, 5.74) is 3.97. The van der Waals surface area contributed by atoms with Crippen molar-refractivity contribution in [3.63, 3.8) is 0 Å². The summed E-state index contributed by atoms with van der Waals surface area (Å²) in [4.78, 5) is 71.3. The highest BCUT2D eigenvalue weighted by molar-refractivity contribution is 6.30. The van der Waals surface area contributed by atoms with Crippen molar-refractivity contribution in [3.05, 3.63) is 136 Å². The van der Waals surface area contributed by atoms with E-state index in [1.54, 1.807) is 66.7 Å². The first-order valence-electron chi connectivity index (χ1n) is 16.7. The summed E-state index contributed by atoms with van der Waals surface area (Å²) in [5, 5.41) is 12.8. The molecule has 3 fully saturated rings. The van der Waals surface area contributed by atoms with Crippen molar-refractivity contribution in [2.75, 3.05) is 10.3 Å². The first-order chi connectivity index (χ1) is 24.5. The molecule has 2 heterocycles. The maximum atomic E-state index is 15.1. The van der Waals surface area contributed by atoms with Gasteiger partial charge in [-0.25, -0.2) is 4.39 Å². The third-order valence-electron chi connectivity index (χ3n) is 11.0. The maximum Gasteiger partial charge on any atom is 0.260 e. The number of hydrogen-bond acceptors (Lipinski definition) is 7. The zero-order valence-corrected chi connectivity index (χ0v) is 28.0. The molecule has 2 aliphatic heterocycles. The molecule has 2 N–H and O–H groups in total. The number of benzene rings is 4. The first-order valence-corrected chi connectivity index (χ1v) is 17.0. The summed E-state index contributed by atoms with van der Waals surface area (Å²) in [5.74, 6) is -6.85. The molecule has 0 bridgehead atoms. The van der Waals surface area contributed by atoms with Crippen LogP contribution in [0, 0.1) is 29.5 Å². The zero-order valence-electron chi connectivity index (χ0n) is 27.3. The molecule has 1 saturated carbocycles. The normalized spacial score (nSPS) is 26.8. The molecule has 4 amide bonds. The number of carbonyl (C=O) groups is 5. The van der Waals surface area contributed by atoms with Gasteiger partial charge in [-0.2, -0.15) is 5.01 Å². The zero-order chi connectivity index (χ0) is 35.8. The van der Waals surface area contributed by atoms with Crippen LogP contribution in [0.15, 0.2) is 109 Å². The topological polar surface area (TPSA) is 124 Å². The first kappa shape index (κ1) is 32.6. The Labute approximate surface area is 297 Å². The fraction of sp³-hybridized carbons (Fsp3) is 0.225. The van der Waals surface area contributed by atoms with Gasteiger partial charge in [0.1, 0.15) is 11.6 Å². The summed E-state index contributed by atoms with van der Waals surface area (Å²) >= 11 is 6.33. The molecule has 0 aromatic heterocycles. The molecule has 4 aromatic carbocycles. The molecule has 0 radical (unpaired) electrons. The van der Waals surface area contributed by atoms with Gasteiger partial charge >= 0.3 is 0 Å². The molecule has 0 unspecified atom stereocenters. The van der Waals surface area contributed by atoms with Gasteiger partial charge in [0.25, 0.3) is 11.8 Å². The molecule has 6 atom stereocenters. The fourth-order valence-corrected chi connectivity index (χ4v) is 8.96. The van der Waals surface area contributed by atoms with E-state index < -0.39 is 58.5 Å². The Hall–Kier alpha value is -5.61. The van der Waals surface area contributed by atoms with Crippen LogP contribution < -0.4 is 10.3 Å². The van der Waals surface area contributed by atoms with E-state index in [1.165, 1.54) is 37.3 Å². The molecule has 4 aromatic rings. The van der Waals surface area contributed by atoms with Gasteiger partial charge in [-0.15, -0.1) is 0 Å². The largest absolute Gasteiger partial charge is 0.508 e. The highest BCUT2D eigenvalue weighted by Crippen LogP contribution is 2.65. The molecule has 8 rings (SSSR count). The van der Waals surface area contributed by atoms with Gasteiger partial charge in [0, 0.05) is 22.1 Å². The number of halogens is 2. The van der Waals surface area contributed by atoms with Crippen LogP contribution in [0.1, 0.15) is 47.2 Å². The number of nitrogens with one attached hydrogen (secondary N) is 1. The second-order valence-electron chi connectivity index (χ2n) is 13.5. The number of para-hydroxylation sites is 1. The number of imide groups is 2. The van der Waals surface area contributed by atoms with E-state index in [-0.39, 0.29) is 30.3 Å². The number of allylic oxidation sites excluding steroid dienone is 2. The van der Waals surface area contributed by atoms with Gasteiger partial charge in [-0.1, -0.05) is 53.6 Å². The molecule has 11 heteroatoms. The van der Waals surface area contributed by atoms with Crippen molar-refractivity contribution in [2.45, 2.75) is 31.1 Å². The number of phenols is 1. The second kappa shape index (κ2) is 12.0.